The number of alkyl halides is 2. The molecule has 6 nitrogen and oxygen atoms in total. The Balaban J connectivity index is 1.67. The number of β-amino-alcohol motifs (C(OH)–C–C–N with tert-alkyl or cyclic N) is 1. The molecule has 0 aliphatic carbocycles. The topological polar surface area (TPSA) is 74.2 Å². The van der Waals surface area contributed by atoms with Gasteiger partial charge in [-0.3, -0.25) is 0 Å². The van der Waals surface area contributed by atoms with Gasteiger partial charge in [0.25, 0.3) is 6.43 Å². The number of rotatable bonds is 7. The normalized spacial score (nSPS) is 16.4. The van der Waals surface area contributed by atoms with Crippen molar-refractivity contribution in [1.29, 1.82) is 0 Å². The molecule has 182 valence electrons. The van der Waals surface area contributed by atoms with Gasteiger partial charge in [0.2, 0.25) is 0 Å². The molecule has 2 aromatic heterocycles. The average Bonchev–Trinajstić information content (AvgIpc) is 2.79. The summed E-state index contributed by atoms with van der Waals surface area (Å²) in [7, 11) is 0. The first-order valence-electron chi connectivity index (χ1n) is 11.6. The van der Waals surface area contributed by atoms with E-state index in [2.05, 4.69) is 26.3 Å². The number of fused-ring (bicyclic) bond motifs is 1. The van der Waals surface area contributed by atoms with Gasteiger partial charge in [0.15, 0.2) is 5.65 Å². The molecule has 1 aliphatic heterocycles. The number of hydrogen-bond donors (Lipinski definition) is 2. The Labute approximate surface area is 197 Å². The van der Waals surface area contributed by atoms with Gasteiger partial charge in [-0.05, 0) is 64.3 Å². The summed E-state index contributed by atoms with van der Waals surface area (Å²) < 4.78 is 41.1. The third kappa shape index (κ3) is 5.00. The van der Waals surface area contributed by atoms with Crippen LogP contribution in [0.1, 0.15) is 66.4 Å². The van der Waals surface area contributed by atoms with Gasteiger partial charge >= 0.3 is 0 Å². The predicted molar refractivity (Wildman–Crippen MR) is 126 cm³/mol. The van der Waals surface area contributed by atoms with Crippen molar-refractivity contribution in [2.75, 3.05) is 31.6 Å². The lowest BCUT2D eigenvalue weighted by Crippen LogP contribution is -2.35. The van der Waals surface area contributed by atoms with Crippen LogP contribution in [0.3, 0.4) is 0 Å². The maximum atomic E-state index is 14.7. The van der Waals surface area contributed by atoms with Crippen LogP contribution in [-0.4, -0.2) is 51.2 Å². The van der Waals surface area contributed by atoms with Gasteiger partial charge in [-0.1, -0.05) is 18.2 Å². The highest BCUT2D eigenvalue weighted by Crippen LogP contribution is 2.34. The molecule has 4 rings (SSSR count). The molecule has 1 aliphatic rings. The zero-order valence-electron chi connectivity index (χ0n) is 19.7. The second-order valence-corrected chi connectivity index (χ2v) is 8.91. The second-order valence-electron chi connectivity index (χ2n) is 8.91. The summed E-state index contributed by atoms with van der Waals surface area (Å²) in [6, 6.07) is 5.51. The van der Waals surface area contributed by atoms with Crippen LogP contribution in [0.15, 0.2) is 24.3 Å². The maximum Gasteiger partial charge on any atom is 0.266 e. The fourth-order valence-electron chi connectivity index (χ4n) is 4.75. The standard InChI is InChI=1S/C25H30F3N5O/c1-14(18-5-4-6-19(22(18)26)23(27)28)29-24-21-13-20(15(2)30-25(21)32-16(3)31-24)17-7-9-33(10-8-17)11-12-34/h4-6,13-14,17,23,34H,7-12H2,1-3H3,(H,29,30,31,32)/t14-/m1/s1. The van der Waals surface area contributed by atoms with Crippen LogP contribution in [0, 0.1) is 19.7 Å². The van der Waals surface area contributed by atoms with E-state index in [9.17, 15) is 18.3 Å². The van der Waals surface area contributed by atoms with Gasteiger partial charge in [-0.25, -0.2) is 28.1 Å². The molecule has 1 fully saturated rings. The molecule has 0 radical (unpaired) electrons. The number of aliphatic hydroxyl groups is 1. The largest absolute Gasteiger partial charge is 0.395 e. The Morgan fingerprint density at radius 3 is 2.50 bits per heavy atom. The molecule has 1 aromatic carbocycles. The quantitative estimate of drug-likeness (QED) is 0.500. The highest BCUT2D eigenvalue weighted by molar-refractivity contribution is 5.87. The number of aromatic nitrogens is 3. The van der Waals surface area contributed by atoms with Crippen molar-refractivity contribution in [1.82, 2.24) is 19.9 Å². The van der Waals surface area contributed by atoms with Crippen molar-refractivity contribution in [2.24, 2.45) is 0 Å². The third-order valence-electron chi connectivity index (χ3n) is 6.59. The molecule has 0 bridgehead atoms. The summed E-state index contributed by atoms with van der Waals surface area (Å²) in [5.74, 6) is 0.444. The summed E-state index contributed by atoms with van der Waals surface area (Å²) >= 11 is 0. The van der Waals surface area contributed by atoms with E-state index in [-0.39, 0.29) is 12.2 Å². The zero-order valence-corrected chi connectivity index (χ0v) is 19.7. The SMILES string of the molecule is Cc1nc(N[C@H](C)c2cccc(C(F)F)c2F)c2cc(C3CCN(CCO)CC3)c(C)nc2n1. The van der Waals surface area contributed by atoms with E-state index in [4.69, 9.17) is 4.98 Å². The number of benzene rings is 1. The fraction of sp³-hybridized carbons (Fsp3) is 0.480. The number of piperidine rings is 1. The summed E-state index contributed by atoms with van der Waals surface area (Å²) in [5.41, 5.74) is 2.13. The minimum atomic E-state index is -2.88. The van der Waals surface area contributed by atoms with E-state index >= 15 is 0 Å². The molecule has 3 aromatic rings. The molecule has 0 spiro atoms. The Morgan fingerprint density at radius 2 is 1.82 bits per heavy atom. The van der Waals surface area contributed by atoms with Crippen LogP contribution in [0.2, 0.25) is 0 Å². The van der Waals surface area contributed by atoms with Gasteiger partial charge in [0.05, 0.1) is 23.6 Å². The third-order valence-corrected chi connectivity index (χ3v) is 6.59. The van der Waals surface area contributed by atoms with E-state index in [1.807, 2.05) is 6.92 Å². The molecule has 1 atom stereocenters. The zero-order chi connectivity index (χ0) is 24.4. The monoisotopic (exact) mass is 473 g/mol. The molecule has 2 N–H and O–H groups in total. The maximum absolute atomic E-state index is 14.7. The first-order valence-corrected chi connectivity index (χ1v) is 11.6. The minimum absolute atomic E-state index is 0.152. The van der Waals surface area contributed by atoms with Crippen molar-refractivity contribution in [3.8, 4) is 0 Å². The van der Waals surface area contributed by atoms with Crippen molar-refractivity contribution < 1.29 is 18.3 Å². The lowest BCUT2D eigenvalue weighted by Gasteiger charge is -2.32. The van der Waals surface area contributed by atoms with Crippen LogP contribution in [0.5, 0.6) is 0 Å². The number of halogens is 3. The van der Waals surface area contributed by atoms with Crippen LogP contribution >= 0.6 is 0 Å². The summed E-state index contributed by atoms with van der Waals surface area (Å²) in [5, 5.41) is 13.1. The molecule has 1 saturated heterocycles. The van der Waals surface area contributed by atoms with E-state index in [0.29, 0.717) is 29.8 Å². The number of hydrogen-bond acceptors (Lipinski definition) is 6. The Morgan fingerprint density at radius 1 is 1.12 bits per heavy atom. The second kappa shape index (κ2) is 10.2. The molecule has 0 saturated carbocycles. The van der Waals surface area contributed by atoms with Crippen molar-refractivity contribution in [2.45, 2.75) is 52.0 Å². The predicted octanol–water partition coefficient (Wildman–Crippen LogP) is 5.06. The summed E-state index contributed by atoms with van der Waals surface area (Å²) in [6.07, 6.45) is -0.954. The average molecular weight is 474 g/mol. The van der Waals surface area contributed by atoms with Crippen molar-refractivity contribution in [3.05, 3.63) is 58.3 Å². The summed E-state index contributed by atoms with van der Waals surface area (Å²) in [4.78, 5) is 16.0. The van der Waals surface area contributed by atoms with E-state index < -0.39 is 23.8 Å². The van der Waals surface area contributed by atoms with E-state index in [1.165, 1.54) is 12.1 Å². The summed E-state index contributed by atoms with van der Waals surface area (Å²) in [6.45, 7) is 8.12. The number of aliphatic hydroxyl groups excluding tert-OH is 1. The Bertz CT molecular complexity index is 1160. The van der Waals surface area contributed by atoms with Crippen molar-refractivity contribution >= 4 is 16.9 Å². The molecule has 9 heteroatoms. The Hall–Kier alpha value is -2.78. The molecule has 0 amide bonds. The first kappa shape index (κ1) is 24.3. The number of pyridine rings is 1. The first-order chi connectivity index (χ1) is 16.3. The highest BCUT2D eigenvalue weighted by atomic mass is 19.3. The van der Waals surface area contributed by atoms with E-state index in [1.54, 1.807) is 13.8 Å². The molecular formula is C25H30F3N5O. The smallest absolute Gasteiger partial charge is 0.266 e. The number of anilines is 1. The number of aryl methyl sites for hydroxylation is 2. The van der Waals surface area contributed by atoms with Gasteiger partial charge < -0.3 is 15.3 Å². The van der Waals surface area contributed by atoms with Gasteiger partial charge in [0.1, 0.15) is 17.5 Å². The van der Waals surface area contributed by atoms with Crippen LogP contribution in [0.25, 0.3) is 11.0 Å². The van der Waals surface area contributed by atoms with Gasteiger partial charge in [0, 0.05) is 17.8 Å². The molecular weight excluding hydrogens is 443 g/mol. The molecule has 3 heterocycles. The van der Waals surface area contributed by atoms with Crippen LogP contribution in [0.4, 0.5) is 19.0 Å². The minimum Gasteiger partial charge on any atom is -0.395 e. The number of nitrogens with one attached hydrogen (secondary N) is 1. The van der Waals surface area contributed by atoms with Gasteiger partial charge in [-0.15, -0.1) is 0 Å². The highest BCUT2D eigenvalue weighted by Gasteiger charge is 2.24. The molecule has 0 unspecified atom stereocenters. The number of likely N-dealkylation sites (tertiary alicyclic amines) is 1. The lowest BCUT2D eigenvalue weighted by molar-refractivity contribution is 0.146. The van der Waals surface area contributed by atoms with Gasteiger partial charge in [-0.2, -0.15) is 0 Å². The van der Waals surface area contributed by atoms with Crippen LogP contribution < -0.4 is 5.32 Å². The number of nitrogens with zero attached hydrogens (tertiary/aromatic N) is 4. The fourth-order valence-corrected chi connectivity index (χ4v) is 4.75. The Kier molecular flexibility index (Phi) is 7.33. The van der Waals surface area contributed by atoms with Crippen LogP contribution in [-0.2, 0) is 0 Å². The molecule has 34 heavy (non-hydrogen) atoms. The van der Waals surface area contributed by atoms with Crippen molar-refractivity contribution in [3.63, 3.8) is 0 Å². The lowest BCUT2D eigenvalue weighted by atomic mass is 9.88. The van der Waals surface area contributed by atoms with E-state index in [0.717, 1.165) is 48.6 Å².